The van der Waals surface area contributed by atoms with E-state index in [4.69, 9.17) is 0 Å². The highest BCUT2D eigenvalue weighted by Crippen LogP contribution is 2.36. The van der Waals surface area contributed by atoms with Crippen molar-refractivity contribution in [1.82, 2.24) is 9.97 Å². The van der Waals surface area contributed by atoms with Crippen LogP contribution in [-0.2, 0) is 0 Å². The van der Waals surface area contributed by atoms with Gasteiger partial charge in [-0.25, -0.2) is 0 Å². The number of nitrogens with zero attached hydrogens (tertiary/aromatic N) is 4. The van der Waals surface area contributed by atoms with Crippen molar-refractivity contribution < 1.29 is 4.92 Å². The molecule has 1 aromatic heterocycles. The molecule has 17 heavy (non-hydrogen) atoms. The average molecular weight is 255 g/mol. The summed E-state index contributed by atoms with van der Waals surface area (Å²) < 4.78 is 0. The summed E-state index contributed by atoms with van der Waals surface area (Å²) in [6.45, 7) is 4.10. The summed E-state index contributed by atoms with van der Waals surface area (Å²) in [5, 5.41) is 14.6. The quantitative estimate of drug-likeness (QED) is 0.279. The number of hydrogen-bond donors (Lipinski definition) is 1. The SMILES string of the molecule is CCNc1nc(SC)nc(N2CC2)c1[N+](=O)[O-]. The van der Waals surface area contributed by atoms with Gasteiger partial charge < -0.3 is 10.2 Å². The maximum Gasteiger partial charge on any atom is 0.353 e. The summed E-state index contributed by atoms with van der Waals surface area (Å²) in [7, 11) is 0. The van der Waals surface area contributed by atoms with Gasteiger partial charge in [0.05, 0.1) is 4.92 Å². The number of nitro groups is 1. The number of anilines is 2. The summed E-state index contributed by atoms with van der Waals surface area (Å²) in [6, 6.07) is 0. The van der Waals surface area contributed by atoms with E-state index in [1.54, 1.807) is 0 Å². The molecule has 0 radical (unpaired) electrons. The Bertz CT molecular complexity index is 449. The number of hydrogen-bond acceptors (Lipinski definition) is 7. The number of aromatic nitrogens is 2. The van der Waals surface area contributed by atoms with Crippen molar-refractivity contribution >= 4 is 29.1 Å². The van der Waals surface area contributed by atoms with Crippen LogP contribution in [0.1, 0.15) is 6.92 Å². The van der Waals surface area contributed by atoms with Crippen LogP contribution in [0, 0.1) is 10.1 Å². The monoisotopic (exact) mass is 255 g/mol. The third-order valence-corrected chi connectivity index (χ3v) is 2.85. The van der Waals surface area contributed by atoms with Crippen LogP contribution in [0.2, 0.25) is 0 Å². The standard InChI is InChI=1S/C9H13N5O2S/c1-3-10-7-6(14(15)16)8(13-4-5-13)12-9(11-7)17-2/h3-5H2,1-2H3,(H,10,11,12). The van der Waals surface area contributed by atoms with Crippen molar-refractivity contribution in [3.63, 3.8) is 0 Å². The lowest BCUT2D eigenvalue weighted by atomic mass is 10.4. The van der Waals surface area contributed by atoms with E-state index in [-0.39, 0.29) is 5.69 Å². The van der Waals surface area contributed by atoms with Crippen molar-refractivity contribution in [2.45, 2.75) is 12.1 Å². The van der Waals surface area contributed by atoms with Crippen molar-refractivity contribution in [1.29, 1.82) is 0 Å². The minimum atomic E-state index is -0.421. The zero-order valence-electron chi connectivity index (χ0n) is 9.63. The normalized spacial score (nSPS) is 13.6. The largest absolute Gasteiger partial charge is 0.364 e. The van der Waals surface area contributed by atoms with E-state index in [1.165, 1.54) is 11.8 Å². The zero-order valence-corrected chi connectivity index (χ0v) is 10.5. The first kappa shape index (κ1) is 11.9. The molecule has 0 spiro atoms. The molecule has 2 heterocycles. The summed E-state index contributed by atoms with van der Waals surface area (Å²) in [6.07, 6.45) is 1.85. The van der Waals surface area contributed by atoms with Crippen molar-refractivity contribution in [2.75, 3.05) is 36.1 Å². The third-order valence-electron chi connectivity index (χ3n) is 2.30. The van der Waals surface area contributed by atoms with Gasteiger partial charge in [-0.2, -0.15) is 9.97 Å². The Balaban J connectivity index is 2.53. The van der Waals surface area contributed by atoms with Crippen LogP contribution in [0.15, 0.2) is 5.16 Å². The van der Waals surface area contributed by atoms with Gasteiger partial charge in [0.2, 0.25) is 11.6 Å². The molecule has 1 saturated heterocycles. The maximum absolute atomic E-state index is 11.1. The maximum atomic E-state index is 11.1. The van der Waals surface area contributed by atoms with Crippen LogP contribution >= 0.6 is 11.8 Å². The molecule has 0 amide bonds. The van der Waals surface area contributed by atoms with E-state index < -0.39 is 4.92 Å². The third kappa shape index (κ3) is 2.41. The number of thioether (sulfide) groups is 1. The van der Waals surface area contributed by atoms with E-state index in [2.05, 4.69) is 15.3 Å². The first-order chi connectivity index (χ1) is 8.17. The fraction of sp³-hybridized carbons (Fsp3) is 0.556. The van der Waals surface area contributed by atoms with Gasteiger partial charge in [0.15, 0.2) is 5.16 Å². The molecule has 1 aromatic rings. The topological polar surface area (TPSA) is 84.0 Å². The van der Waals surface area contributed by atoms with E-state index >= 15 is 0 Å². The molecule has 0 saturated carbocycles. The highest BCUT2D eigenvalue weighted by molar-refractivity contribution is 7.98. The van der Waals surface area contributed by atoms with Crippen LogP contribution in [0.4, 0.5) is 17.3 Å². The van der Waals surface area contributed by atoms with Crippen molar-refractivity contribution in [3.05, 3.63) is 10.1 Å². The van der Waals surface area contributed by atoms with E-state index in [0.717, 1.165) is 13.1 Å². The molecule has 1 N–H and O–H groups in total. The summed E-state index contributed by atoms with van der Waals surface area (Å²) in [5.41, 5.74) is -0.0258. The van der Waals surface area contributed by atoms with Gasteiger partial charge in [0.1, 0.15) is 0 Å². The Morgan fingerprint density at radius 1 is 1.53 bits per heavy atom. The van der Waals surface area contributed by atoms with E-state index in [1.807, 2.05) is 18.1 Å². The van der Waals surface area contributed by atoms with Gasteiger partial charge in [0.25, 0.3) is 0 Å². The zero-order chi connectivity index (χ0) is 12.4. The van der Waals surface area contributed by atoms with Crippen LogP contribution in [0.3, 0.4) is 0 Å². The molecule has 0 unspecified atom stereocenters. The van der Waals surface area contributed by atoms with Crippen LogP contribution in [0.5, 0.6) is 0 Å². The Kier molecular flexibility index (Phi) is 3.32. The summed E-state index contributed by atoms with van der Waals surface area (Å²) in [4.78, 5) is 20.9. The van der Waals surface area contributed by atoms with Gasteiger partial charge in [-0.3, -0.25) is 10.1 Å². The average Bonchev–Trinajstić information content (AvgIpc) is 3.11. The smallest absolute Gasteiger partial charge is 0.353 e. The Morgan fingerprint density at radius 2 is 2.24 bits per heavy atom. The second-order valence-corrected chi connectivity index (χ2v) is 4.28. The van der Waals surface area contributed by atoms with Gasteiger partial charge >= 0.3 is 5.69 Å². The lowest BCUT2D eigenvalue weighted by Crippen LogP contribution is -2.09. The molecule has 1 fully saturated rings. The van der Waals surface area contributed by atoms with Crippen LogP contribution in [-0.4, -0.2) is 40.8 Å². The molecule has 1 aliphatic rings. The molecular formula is C9H13N5O2S. The summed E-state index contributed by atoms with van der Waals surface area (Å²) in [5.74, 6) is 0.726. The van der Waals surface area contributed by atoms with E-state index in [9.17, 15) is 10.1 Å². The fourth-order valence-electron chi connectivity index (χ4n) is 1.46. The van der Waals surface area contributed by atoms with Gasteiger partial charge in [0, 0.05) is 19.6 Å². The lowest BCUT2D eigenvalue weighted by Gasteiger charge is -2.09. The summed E-state index contributed by atoms with van der Waals surface area (Å²) >= 11 is 1.38. The van der Waals surface area contributed by atoms with Gasteiger partial charge in [-0.1, -0.05) is 11.8 Å². The lowest BCUT2D eigenvalue weighted by molar-refractivity contribution is -0.383. The first-order valence-electron chi connectivity index (χ1n) is 5.26. The van der Waals surface area contributed by atoms with Crippen molar-refractivity contribution in [2.24, 2.45) is 0 Å². The number of nitrogens with one attached hydrogen (secondary N) is 1. The fourth-order valence-corrected chi connectivity index (χ4v) is 1.82. The molecule has 2 rings (SSSR count). The molecule has 0 atom stereocenters. The molecule has 92 valence electrons. The molecule has 0 aliphatic carbocycles. The highest BCUT2D eigenvalue weighted by Gasteiger charge is 2.33. The Labute approximate surface area is 103 Å². The van der Waals surface area contributed by atoms with Crippen LogP contribution in [0.25, 0.3) is 0 Å². The molecule has 1 aliphatic heterocycles. The highest BCUT2D eigenvalue weighted by atomic mass is 32.2. The second-order valence-electron chi connectivity index (χ2n) is 3.51. The molecular weight excluding hydrogens is 242 g/mol. The Hall–Kier alpha value is -1.57. The van der Waals surface area contributed by atoms with Crippen LogP contribution < -0.4 is 10.2 Å². The van der Waals surface area contributed by atoms with Gasteiger partial charge in [-0.05, 0) is 13.2 Å². The minimum absolute atomic E-state index is 0.0258. The molecule has 0 aromatic carbocycles. The minimum Gasteiger partial charge on any atom is -0.364 e. The second kappa shape index (κ2) is 4.74. The predicted octanol–water partition coefficient (Wildman–Crippen LogP) is 1.36. The van der Waals surface area contributed by atoms with E-state index in [0.29, 0.717) is 23.3 Å². The molecule has 7 nitrogen and oxygen atoms in total. The van der Waals surface area contributed by atoms with Crippen molar-refractivity contribution in [3.8, 4) is 0 Å². The first-order valence-corrected chi connectivity index (χ1v) is 6.49. The molecule has 0 bridgehead atoms. The predicted molar refractivity (Wildman–Crippen MR) is 66.8 cm³/mol. The molecule has 8 heteroatoms. The number of rotatable bonds is 5. The van der Waals surface area contributed by atoms with Gasteiger partial charge in [-0.15, -0.1) is 0 Å². The Morgan fingerprint density at radius 3 is 2.71 bits per heavy atom.